The van der Waals surface area contributed by atoms with Crippen LogP contribution in [0.2, 0.25) is 0 Å². The molecule has 0 radical (unpaired) electrons. The fourth-order valence-electron chi connectivity index (χ4n) is 3.58. The van der Waals surface area contributed by atoms with E-state index in [9.17, 15) is 4.79 Å². The van der Waals surface area contributed by atoms with Crippen LogP contribution in [0.1, 0.15) is 50.0 Å². The molecule has 1 aromatic carbocycles. The summed E-state index contributed by atoms with van der Waals surface area (Å²) in [6.07, 6.45) is 6.15. The van der Waals surface area contributed by atoms with Gasteiger partial charge in [-0.05, 0) is 43.1 Å². The van der Waals surface area contributed by atoms with Crippen LogP contribution in [0, 0.1) is 5.92 Å². The standard InChI is InChI=1S/C17H24N2O.ClH/c18-16-8-4-7-13(16)11-17(20)19-15-9-14(10-15)12-5-2-1-3-6-12;/h1-3,5-6,13-16H,4,7-11,18H2,(H,19,20);1H/t13-,14?,15?,16+;/m0./s1. The van der Waals surface area contributed by atoms with Crippen LogP contribution in [0.3, 0.4) is 0 Å². The number of amides is 1. The number of hydrogen-bond donors (Lipinski definition) is 2. The topological polar surface area (TPSA) is 55.1 Å². The van der Waals surface area contributed by atoms with E-state index < -0.39 is 0 Å². The average Bonchev–Trinajstić information content (AvgIpc) is 2.80. The van der Waals surface area contributed by atoms with Crippen molar-refractivity contribution in [3.63, 3.8) is 0 Å². The Balaban J connectivity index is 0.00000161. The van der Waals surface area contributed by atoms with Gasteiger partial charge in [-0.25, -0.2) is 0 Å². The molecular formula is C17H25ClN2O. The number of halogens is 1. The van der Waals surface area contributed by atoms with Gasteiger partial charge in [0.1, 0.15) is 0 Å². The molecule has 0 unspecified atom stereocenters. The third-order valence-electron chi connectivity index (χ3n) is 4.94. The highest BCUT2D eigenvalue weighted by Crippen LogP contribution is 2.37. The van der Waals surface area contributed by atoms with E-state index in [1.165, 1.54) is 12.0 Å². The molecule has 2 saturated carbocycles. The van der Waals surface area contributed by atoms with Gasteiger partial charge in [-0.3, -0.25) is 4.79 Å². The average molecular weight is 309 g/mol. The first-order valence-corrected chi connectivity index (χ1v) is 7.82. The molecule has 1 amide bonds. The number of nitrogens with one attached hydrogen (secondary N) is 1. The maximum atomic E-state index is 12.0. The second-order valence-electron chi connectivity index (χ2n) is 6.40. The van der Waals surface area contributed by atoms with Crippen molar-refractivity contribution in [3.05, 3.63) is 35.9 Å². The number of carbonyl (C=O) groups excluding carboxylic acids is 1. The van der Waals surface area contributed by atoms with Crippen LogP contribution >= 0.6 is 12.4 Å². The highest BCUT2D eigenvalue weighted by molar-refractivity contribution is 5.85. The van der Waals surface area contributed by atoms with Gasteiger partial charge in [0.15, 0.2) is 0 Å². The Morgan fingerprint density at radius 3 is 2.52 bits per heavy atom. The Labute approximate surface area is 133 Å². The first-order valence-electron chi connectivity index (χ1n) is 7.82. The number of hydrogen-bond acceptors (Lipinski definition) is 2. The van der Waals surface area contributed by atoms with Crippen LogP contribution in [-0.2, 0) is 4.79 Å². The Kier molecular flexibility index (Phi) is 5.65. The molecule has 0 spiro atoms. The van der Waals surface area contributed by atoms with Gasteiger partial charge in [0.05, 0.1) is 0 Å². The predicted molar refractivity (Wildman–Crippen MR) is 87.5 cm³/mol. The van der Waals surface area contributed by atoms with Crippen LogP contribution in [-0.4, -0.2) is 18.0 Å². The van der Waals surface area contributed by atoms with E-state index in [1.54, 1.807) is 0 Å². The molecule has 3 N–H and O–H groups in total. The van der Waals surface area contributed by atoms with Crippen molar-refractivity contribution in [1.29, 1.82) is 0 Å². The van der Waals surface area contributed by atoms with Crippen LogP contribution in [0.25, 0.3) is 0 Å². The largest absolute Gasteiger partial charge is 0.353 e. The highest BCUT2D eigenvalue weighted by Gasteiger charge is 2.32. The van der Waals surface area contributed by atoms with Gasteiger partial charge in [-0.2, -0.15) is 0 Å². The van der Waals surface area contributed by atoms with Crippen molar-refractivity contribution in [2.45, 2.75) is 56.5 Å². The number of carbonyl (C=O) groups is 1. The molecule has 0 heterocycles. The molecular weight excluding hydrogens is 284 g/mol. The van der Waals surface area contributed by atoms with Crippen molar-refractivity contribution in [2.75, 3.05) is 0 Å². The predicted octanol–water partition coefficient (Wildman–Crippen LogP) is 2.99. The van der Waals surface area contributed by atoms with Crippen molar-refractivity contribution < 1.29 is 4.79 Å². The minimum Gasteiger partial charge on any atom is -0.353 e. The molecule has 0 aromatic heterocycles. The Bertz CT molecular complexity index is 459. The molecule has 116 valence electrons. The normalized spacial score (nSPS) is 31.1. The lowest BCUT2D eigenvalue weighted by molar-refractivity contribution is -0.123. The summed E-state index contributed by atoms with van der Waals surface area (Å²) in [6.45, 7) is 0. The smallest absolute Gasteiger partial charge is 0.220 e. The Hall–Kier alpha value is -1.06. The SMILES string of the molecule is Cl.N[C@@H]1CCC[C@H]1CC(=O)NC1CC(c2ccccc2)C1. The molecule has 2 aliphatic rings. The van der Waals surface area contributed by atoms with E-state index in [4.69, 9.17) is 5.73 Å². The van der Waals surface area contributed by atoms with Crippen LogP contribution in [0.5, 0.6) is 0 Å². The van der Waals surface area contributed by atoms with Crippen molar-refractivity contribution in [2.24, 2.45) is 11.7 Å². The number of nitrogens with two attached hydrogens (primary N) is 1. The molecule has 1 aromatic rings. The van der Waals surface area contributed by atoms with Crippen molar-refractivity contribution >= 4 is 18.3 Å². The van der Waals surface area contributed by atoms with E-state index in [2.05, 4.69) is 29.6 Å². The summed E-state index contributed by atoms with van der Waals surface area (Å²) in [4.78, 5) is 12.0. The van der Waals surface area contributed by atoms with Crippen molar-refractivity contribution in [1.82, 2.24) is 5.32 Å². The molecule has 4 heteroatoms. The summed E-state index contributed by atoms with van der Waals surface area (Å²) in [7, 11) is 0. The second kappa shape index (κ2) is 7.28. The minimum absolute atomic E-state index is 0. The first-order chi connectivity index (χ1) is 9.72. The van der Waals surface area contributed by atoms with Gasteiger partial charge < -0.3 is 11.1 Å². The van der Waals surface area contributed by atoms with Gasteiger partial charge in [-0.15, -0.1) is 12.4 Å². The van der Waals surface area contributed by atoms with Gasteiger partial charge in [0.25, 0.3) is 0 Å². The third-order valence-corrected chi connectivity index (χ3v) is 4.94. The summed E-state index contributed by atoms with van der Waals surface area (Å²) in [6, 6.07) is 11.2. The molecule has 21 heavy (non-hydrogen) atoms. The second-order valence-corrected chi connectivity index (χ2v) is 6.40. The zero-order chi connectivity index (χ0) is 13.9. The maximum Gasteiger partial charge on any atom is 0.220 e. The highest BCUT2D eigenvalue weighted by atomic mass is 35.5. The summed E-state index contributed by atoms with van der Waals surface area (Å²) in [5, 5.41) is 3.17. The van der Waals surface area contributed by atoms with E-state index in [0.29, 0.717) is 24.3 Å². The van der Waals surface area contributed by atoms with Gasteiger partial charge in [0, 0.05) is 18.5 Å². The quantitative estimate of drug-likeness (QED) is 0.898. The van der Waals surface area contributed by atoms with Crippen LogP contribution in [0.4, 0.5) is 0 Å². The Morgan fingerprint density at radius 1 is 1.19 bits per heavy atom. The van der Waals surface area contributed by atoms with Gasteiger partial charge >= 0.3 is 0 Å². The monoisotopic (exact) mass is 308 g/mol. The minimum atomic E-state index is 0. The summed E-state index contributed by atoms with van der Waals surface area (Å²) in [5.74, 6) is 1.22. The Morgan fingerprint density at radius 2 is 1.90 bits per heavy atom. The van der Waals surface area contributed by atoms with Gasteiger partial charge in [-0.1, -0.05) is 36.8 Å². The molecule has 3 nitrogen and oxygen atoms in total. The molecule has 0 saturated heterocycles. The van der Waals surface area contributed by atoms with E-state index in [-0.39, 0.29) is 24.4 Å². The summed E-state index contributed by atoms with van der Waals surface area (Å²) < 4.78 is 0. The zero-order valence-electron chi connectivity index (χ0n) is 12.3. The lowest BCUT2D eigenvalue weighted by Gasteiger charge is -2.36. The fourth-order valence-corrected chi connectivity index (χ4v) is 3.58. The number of benzene rings is 1. The molecule has 0 bridgehead atoms. The van der Waals surface area contributed by atoms with Gasteiger partial charge in [0.2, 0.25) is 5.91 Å². The van der Waals surface area contributed by atoms with Crippen LogP contribution < -0.4 is 11.1 Å². The lowest BCUT2D eigenvalue weighted by Crippen LogP contribution is -2.44. The molecule has 2 atom stereocenters. The maximum absolute atomic E-state index is 12.0. The molecule has 2 aliphatic carbocycles. The van der Waals surface area contributed by atoms with E-state index >= 15 is 0 Å². The first kappa shape index (κ1) is 16.3. The zero-order valence-corrected chi connectivity index (χ0v) is 13.1. The van der Waals surface area contributed by atoms with E-state index in [1.807, 2.05) is 6.07 Å². The third kappa shape index (κ3) is 3.98. The molecule has 0 aliphatic heterocycles. The van der Waals surface area contributed by atoms with E-state index in [0.717, 1.165) is 25.7 Å². The van der Waals surface area contributed by atoms with Crippen LogP contribution in [0.15, 0.2) is 30.3 Å². The van der Waals surface area contributed by atoms with Crippen molar-refractivity contribution in [3.8, 4) is 0 Å². The molecule has 3 rings (SSSR count). The molecule has 2 fully saturated rings. The summed E-state index contributed by atoms with van der Waals surface area (Å²) in [5.41, 5.74) is 7.42. The summed E-state index contributed by atoms with van der Waals surface area (Å²) >= 11 is 0. The lowest BCUT2D eigenvalue weighted by atomic mass is 9.76. The fraction of sp³-hybridized carbons (Fsp3) is 0.588. The number of rotatable bonds is 4.